The van der Waals surface area contributed by atoms with Crippen molar-refractivity contribution in [3.05, 3.63) is 95.2 Å². The van der Waals surface area contributed by atoms with Crippen LogP contribution in [0.5, 0.6) is 17.4 Å². The highest BCUT2D eigenvalue weighted by atomic mass is 32.2. The molecule has 0 unspecified atom stereocenters. The maximum absolute atomic E-state index is 11.8. The van der Waals surface area contributed by atoms with Gasteiger partial charge in [0.25, 0.3) is 0 Å². The molecule has 0 spiro atoms. The fourth-order valence-corrected chi connectivity index (χ4v) is 5.97. The summed E-state index contributed by atoms with van der Waals surface area (Å²) in [5, 5.41) is 22.2. The largest absolute Gasteiger partial charge is 0.508 e. The Balaban J connectivity index is 1.31. The molecule has 0 radical (unpaired) electrons. The van der Waals surface area contributed by atoms with Gasteiger partial charge in [0.05, 0.1) is 16.5 Å². The van der Waals surface area contributed by atoms with Crippen LogP contribution in [0.15, 0.2) is 77.8 Å². The normalized spacial score (nSPS) is 14.4. The molecule has 9 nitrogen and oxygen atoms in total. The minimum absolute atomic E-state index is 0.167. The Bertz CT molecular complexity index is 1780. The second-order valence-electron chi connectivity index (χ2n) is 11.1. The van der Waals surface area contributed by atoms with Gasteiger partial charge in [0.15, 0.2) is 9.84 Å². The molecule has 0 bridgehead atoms. The Kier molecular flexibility index (Phi) is 9.28. The number of aryl methyl sites for hydroxylation is 2. The number of aromatic nitrogens is 2. The molecule has 1 aromatic heterocycles. The topological polar surface area (TPSA) is 128 Å². The number of piperidine rings is 1. The van der Waals surface area contributed by atoms with Gasteiger partial charge in [-0.3, -0.25) is 4.90 Å². The number of likely N-dealkylation sites (tertiary alicyclic amines) is 1. The molecule has 0 saturated carbocycles. The van der Waals surface area contributed by atoms with Crippen LogP contribution >= 0.6 is 0 Å². The number of ether oxygens (including phenoxy) is 1. The van der Waals surface area contributed by atoms with E-state index in [1.807, 2.05) is 44.2 Å². The highest BCUT2D eigenvalue weighted by Crippen LogP contribution is 2.36. The summed E-state index contributed by atoms with van der Waals surface area (Å²) in [6, 6.07) is 20.1. The van der Waals surface area contributed by atoms with E-state index in [0.29, 0.717) is 28.0 Å². The maximum Gasteiger partial charge on any atom is 0.231 e. The molecular weight excluding hydrogens is 574 g/mol. The van der Waals surface area contributed by atoms with Gasteiger partial charge in [0, 0.05) is 44.2 Å². The van der Waals surface area contributed by atoms with Gasteiger partial charge in [-0.15, -0.1) is 0 Å². The Labute approximate surface area is 258 Å². The van der Waals surface area contributed by atoms with Crippen LogP contribution in [0.25, 0.3) is 17.2 Å². The molecule has 10 heteroatoms. The van der Waals surface area contributed by atoms with Crippen molar-refractivity contribution in [3.8, 4) is 34.6 Å². The first kappa shape index (κ1) is 30.7. The zero-order valence-electron chi connectivity index (χ0n) is 25.0. The van der Waals surface area contributed by atoms with E-state index in [1.165, 1.54) is 12.3 Å². The standard InChI is InChI=1S/C34H35N5O4S/c1-23-19-26(5-4-16-35)20-24(2)32(23)43-33-31(27-8-10-29(40)11-9-27)21-36-34(38-33)37-28-14-17-39(18-15-28)22-25-6-12-30(13-7-25)44(3,41)42/h4-13,19-21,28,40H,14-15,17-18,22H2,1-3H3,(H,36,37,38)/b5-4+. The molecule has 2 heterocycles. The van der Waals surface area contributed by atoms with Crippen molar-refractivity contribution < 1.29 is 18.3 Å². The highest BCUT2D eigenvalue weighted by Gasteiger charge is 2.22. The number of nitrogens with zero attached hydrogens (tertiary/aromatic N) is 4. The minimum Gasteiger partial charge on any atom is -0.508 e. The number of aromatic hydroxyl groups is 1. The van der Waals surface area contributed by atoms with Crippen LogP contribution < -0.4 is 10.1 Å². The zero-order valence-corrected chi connectivity index (χ0v) is 25.8. The Morgan fingerprint density at radius 1 is 1.07 bits per heavy atom. The molecule has 1 aliphatic rings. The van der Waals surface area contributed by atoms with Crippen molar-refractivity contribution in [3.63, 3.8) is 0 Å². The molecule has 2 N–H and O–H groups in total. The molecule has 1 saturated heterocycles. The molecule has 4 aromatic rings. The number of phenolic OH excluding ortho intramolecular Hbond substituents is 1. The predicted octanol–water partition coefficient (Wildman–Crippen LogP) is 6.28. The summed E-state index contributed by atoms with van der Waals surface area (Å²) < 4.78 is 30.0. The fourth-order valence-electron chi connectivity index (χ4n) is 5.34. The summed E-state index contributed by atoms with van der Waals surface area (Å²) in [4.78, 5) is 12.1. The minimum atomic E-state index is -3.21. The molecule has 226 valence electrons. The third kappa shape index (κ3) is 7.61. The van der Waals surface area contributed by atoms with Crippen LogP contribution in [0.4, 0.5) is 5.95 Å². The van der Waals surface area contributed by atoms with E-state index in [4.69, 9.17) is 15.0 Å². The molecule has 0 amide bonds. The van der Waals surface area contributed by atoms with E-state index in [2.05, 4.69) is 15.2 Å². The first-order valence-electron chi connectivity index (χ1n) is 14.4. The van der Waals surface area contributed by atoms with Crippen molar-refractivity contribution in [2.45, 2.75) is 44.2 Å². The second kappa shape index (κ2) is 13.3. The highest BCUT2D eigenvalue weighted by molar-refractivity contribution is 7.90. The van der Waals surface area contributed by atoms with Gasteiger partial charge < -0.3 is 15.2 Å². The monoisotopic (exact) mass is 609 g/mol. The van der Waals surface area contributed by atoms with Crippen LogP contribution in [0, 0.1) is 25.2 Å². The van der Waals surface area contributed by atoms with Crippen molar-refractivity contribution >= 4 is 21.9 Å². The van der Waals surface area contributed by atoms with Gasteiger partial charge in [-0.2, -0.15) is 10.2 Å². The number of allylic oxidation sites excluding steroid dienone is 1. The average molecular weight is 610 g/mol. The molecule has 44 heavy (non-hydrogen) atoms. The van der Waals surface area contributed by atoms with E-state index in [0.717, 1.165) is 60.3 Å². The van der Waals surface area contributed by atoms with E-state index < -0.39 is 9.84 Å². The lowest BCUT2D eigenvalue weighted by Gasteiger charge is -2.32. The van der Waals surface area contributed by atoms with Gasteiger partial charge in [0.1, 0.15) is 11.5 Å². The first-order chi connectivity index (χ1) is 21.1. The van der Waals surface area contributed by atoms with Crippen LogP contribution in [0.1, 0.15) is 35.1 Å². The van der Waals surface area contributed by atoms with E-state index in [9.17, 15) is 13.5 Å². The smallest absolute Gasteiger partial charge is 0.231 e. The Morgan fingerprint density at radius 3 is 2.34 bits per heavy atom. The molecular formula is C34H35N5O4S. The summed E-state index contributed by atoms with van der Waals surface area (Å²) in [7, 11) is -3.21. The number of nitrogens with one attached hydrogen (secondary N) is 1. The third-order valence-electron chi connectivity index (χ3n) is 7.64. The fraction of sp³-hybridized carbons (Fsp3) is 0.265. The molecule has 5 rings (SSSR count). The van der Waals surface area contributed by atoms with Gasteiger partial charge in [-0.1, -0.05) is 24.3 Å². The summed E-state index contributed by atoms with van der Waals surface area (Å²) in [6.07, 6.45) is 7.96. The zero-order chi connectivity index (χ0) is 31.3. The lowest BCUT2D eigenvalue weighted by Crippen LogP contribution is -2.39. The van der Waals surface area contributed by atoms with Crippen LogP contribution in [-0.2, 0) is 16.4 Å². The molecule has 3 aromatic carbocycles. The SMILES string of the molecule is Cc1cc(/C=C/C#N)cc(C)c1Oc1nc(NC2CCN(Cc3ccc(S(C)(=O)=O)cc3)CC2)ncc1-c1ccc(O)cc1. The number of nitriles is 1. The number of sulfone groups is 1. The first-order valence-corrected chi connectivity index (χ1v) is 16.3. The third-order valence-corrected chi connectivity index (χ3v) is 8.77. The maximum atomic E-state index is 11.8. The Morgan fingerprint density at radius 2 is 1.73 bits per heavy atom. The van der Waals surface area contributed by atoms with Crippen molar-refractivity contribution in [2.24, 2.45) is 0 Å². The lowest BCUT2D eigenvalue weighted by molar-refractivity contribution is 0.211. The molecule has 0 atom stereocenters. The number of benzene rings is 3. The lowest BCUT2D eigenvalue weighted by atomic mass is 10.0. The summed E-state index contributed by atoms with van der Waals surface area (Å²) in [5.74, 6) is 1.72. The second-order valence-corrected chi connectivity index (χ2v) is 13.1. The van der Waals surface area contributed by atoms with Gasteiger partial charge in [-0.05, 0) is 97.0 Å². The quantitative estimate of drug-likeness (QED) is 0.211. The number of rotatable bonds is 9. The Hall–Kier alpha value is -4.72. The van der Waals surface area contributed by atoms with E-state index in [-0.39, 0.29) is 11.8 Å². The van der Waals surface area contributed by atoms with E-state index in [1.54, 1.807) is 48.7 Å². The average Bonchev–Trinajstić information content (AvgIpc) is 2.99. The molecule has 0 aliphatic carbocycles. The summed E-state index contributed by atoms with van der Waals surface area (Å²) >= 11 is 0. The van der Waals surface area contributed by atoms with Crippen molar-refractivity contribution in [1.29, 1.82) is 5.26 Å². The van der Waals surface area contributed by atoms with Gasteiger partial charge in [-0.25, -0.2) is 13.4 Å². The van der Waals surface area contributed by atoms with Gasteiger partial charge in [0.2, 0.25) is 11.8 Å². The summed E-state index contributed by atoms with van der Waals surface area (Å²) in [6.45, 7) is 6.44. The predicted molar refractivity (Wildman–Crippen MR) is 171 cm³/mol. The van der Waals surface area contributed by atoms with Gasteiger partial charge >= 0.3 is 0 Å². The van der Waals surface area contributed by atoms with E-state index >= 15 is 0 Å². The number of hydrogen-bond donors (Lipinski definition) is 2. The van der Waals surface area contributed by atoms with Crippen molar-refractivity contribution in [2.75, 3.05) is 24.7 Å². The number of hydrogen-bond acceptors (Lipinski definition) is 9. The molecule has 1 fully saturated rings. The van der Waals surface area contributed by atoms with Crippen LogP contribution in [-0.4, -0.2) is 53.8 Å². The molecule has 1 aliphatic heterocycles. The number of phenols is 1. The summed E-state index contributed by atoms with van der Waals surface area (Å²) in [5.41, 5.74) is 5.32. The van der Waals surface area contributed by atoms with Crippen LogP contribution in [0.3, 0.4) is 0 Å². The van der Waals surface area contributed by atoms with Crippen molar-refractivity contribution in [1.82, 2.24) is 14.9 Å². The number of anilines is 1. The van der Waals surface area contributed by atoms with Crippen LogP contribution in [0.2, 0.25) is 0 Å².